The molecule has 0 aliphatic heterocycles. The largest absolute Gasteiger partial charge is 0.466 e. The SMILES string of the molecule is CCCCCCCCOC(=O)CCCCCCCN(CCO)CCCCCCCC(=O)OC(CC)CCCCCCCC. The highest BCUT2D eigenvalue weighted by Gasteiger charge is 2.12. The average molecular weight is 612 g/mol. The van der Waals surface area contributed by atoms with Crippen molar-refractivity contribution in [3.8, 4) is 0 Å². The van der Waals surface area contributed by atoms with Gasteiger partial charge in [-0.3, -0.25) is 9.59 Å². The molecule has 0 heterocycles. The zero-order valence-corrected chi connectivity index (χ0v) is 29.0. The van der Waals surface area contributed by atoms with Crippen LogP contribution >= 0.6 is 0 Å². The van der Waals surface area contributed by atoms with Gasteiger partial charge in [-0.15, -0.1) is 0 Å². The molecule has 43 heavy (non-hydrogen) atoms. The van der Waals surface area contributed by atoms with Crippen LogP contribution in [0.5, 0.6) is 0 Å². The van der Waals surface area contributed by atoms with Crippen molar-refractivity contribution in [2.45, 2.75) is 194 Å². The zero-order chi connectivity index (χ0) is 31.6. The lowest BCUT2D eigenvalue weighted by Crippen LogP contribution is -2.29. The van der Waals surface area contributed by atoms with E-state index in [9.17, 15) is 14.7 Å². The molecule has 0 aromatic heterocycles. The number of ether oxygens (including phenoxy) is 2. The van der Waals surface area contributed by atoms with Crippen molar-refractivity contribution in [1.29, 1.82) is 0 Å². The lowest BCUT2D eigenvalue weighted by Gasteiger charge is -2.21. The Bertz CT molecular complexity index is 600. The Labute approximate surface area is 267 Å². The highest BCUT2D eigenvalue weighted by Crippen LogP contribution is 2.15. The monoisotopic (exact) mass is 612 g/mol. The molecule has 6 nitrogen and oxygen atoms in total. The van der Waals surface area contributed by atoms with Crippen LogP contribution < -0.4 is 0 Å². The van der Waals surface area contributed by atoms with Crippen molar-refractivity contribution in [2.24, 2.45) is 0 Å². The summed E-state index contributed by atoms with van der Waals surface area (Å²) in [7, 11) is 0. The van der Waals surface area contributed by atoms with Gasteiger partial charge in [0.15, 0.2) is 0 Å². The van der Waals surface area contributed by atoms with Crippen LogP contribution in [0.2, 0.25) is 0 Å². The quantitative estimate of drug-likeness (QED) is 0.0576. The van der Waals surface area contributed by atoms with Gasteiger partial charge in [-0.1, -0.05) is 124 Å². The van der Waals surface area contributed by atoms with Gasteiger partial charge >= 0.3 is 11.9 Å². The summed E-state index contributed by atoms with van der Waals surface area (Å²) in [6, 6.07) is 0. The molecule has 0 bridgehead atoms. The molecule has 6 heteroatoms. The van der Waals surface area contributed by atoms with Gasteiger partial charge in [-0.25, -0.2) is 0 Å². The van der Waals surface area contributed by atoms with Crippen molar-refractivity contribution in [1.82, 2.24) is 4.90 Å². The van der Waals surface area contributed by atoms with Crippen LogP contribution in [0.25, 0.3) is 0 Å². The summed E-state index contributed by atoms with van der Waals surface area (Å²) >= 11 is 0. The predicted octanol–water partition coefficient (Wildman–Crippen LogP) is 9.94. The Morgan fingerprint density at radius 2 is 1.02 bits per heavy atom. The molecule has 0 saturated carbocycles. The van der Waals surface area contributed by atoms with Crippen LogP contribution in [-0.2, 0) is 19.1 Å². The standard InChI is InChI=1S/C37H73NO5/c1-4-7-9-11-15-21-27-35(6-3)43-37(41)29-23-17-14-19-25-31-38(32-33-39)30-24-18-13-16-22-28-36(40)42-34-26-20-12-10-8-5-2/h35,39H,4-34H2,1-3H3. The van der Waals surface area contributed by atoms with Gasteiger partial charge in [0, 0.05) is 19.4 Å². The fourth-order valence-electron chi connectivity index (χ4n) is 5.63. The molecule has 0 rings (SSSR count). The molecule has 0 radical (unpaired) electrons. The van der Waals surface area contributed by atoms with E-state index in [0.717, 1.165) is 96.7 Å². The Kier molecular flexibility index (Phi) is 32.9. The van der Waals surface area contributed by atoms with Crippen LogP contribution in [0.4, 0.5) is 0 Å². The molecule has 256 valence electrons. The molecule has 0 saturated heterocycles. The molecule has 1 N–H and O–H groups in total. The molecular formula is C37H73NO5. The Hall–Kier alpha value is -1.14. The first-order valence-corrected chi connectivity index (χ1v) is 18.8. The molecule has 0 spiro atoms. The van der Waals surface area contributed by atoms with Gasteiger partial charge in [0.05, 0.1) is 13.2 Å². The Morgan fingerprint density at radius 1 is 0.558 bits per heavy atom. The number of hydrogen-bond donors (Lipinski definition) is 1. The van der Waals surface area contributed by atoms with Crippen molar-refractivity contribution in [3.05, 3.63) is 0 Å². The normalized spacial score (nSPS) is 12.1. The van der Waals surface area contributed by atoms with Crippen LogP contribution in [-0.4, -0.2) is 60.9 Å². The van der Waals surface area contributed by atoms with E-state index in [0.29, 0.717) is 19.4 Å². The van der Waals surface area contributed by atoms with Crippen LogP contribution in [0.3, 0.4) is 0 Å². The Balaban J connectivity index is 3.69. The molecule has 1 unspecified atom stereocenters. The molecule has 0 fully saturated rings. The summed E-state index contributed by atoms with van der Waals surface area (Å²) in [5, 5.41) is 9.45. The number of rotatable bonds is 34. The highest BCUT2D eigenvalue weighted by atomic mass is 16.5. The van der Waals surface area contributed by atoms with Crippen LogP contribution in [0.1, 0.15) is 188 Å². The van der Waals surface area contributed by atoms with Gasteiger partial charge in [-0.05, 0) is 64.5 Å². The molecule has 0 aromatic carbocycles. The van der Waals surface area contributed by atoms with E-state index >= 15 is 0 Å². The first-order valence-electron chi connectivity index (χ1n) is 18.8. The predicted molar refractivity (Wildman–Crippen MR) is 181 cm³/mol. The minimum atomic E-state index is -0.0356. The number of carbonyl (C=O) groups is 2. The summed E-state index contributed by atoms with van der Waals surface area (Å²) in [4.78, 5) is 26.5. The lowest BCUT2D eigenvalue weighted by atomic mass is 10.1. The second-order valence-electron chi connectivity index (χ2n) is 12.7. The van der Waals surface area contributed by atoms with E-state index in [2.05, 4.69) is 25.7 Å². The molecule has 0 aromatic rings. The van der Waals surface area contributed by atoms with Gasteiger partial charge < -0.3 is 19.5 Å². The van der Waals surface area contributed by atoms with Gasteiger partial charge in [0.1, 0.15) is 6.10 Å². The van der Waals surface area contributed by atoms with Crippen molar-refractivity contribution >= 4 is 11.9 Å². The number of hydrogen-bond acceptors (Lipinski definition) is 6. The number of aliphatic hydroxyl groups excluding tert-OH is 1. The van der Waals surface area contributed by atoms with Crippen LogP contribution in [0.15, 0.2) is 0 Å². The number of nitrogens with zero attached hydrogens (tertiary/aromatic N) is 1. The topological polar surface area (TPSA) is 76.1 Å². The van der Waals surface area contributed by atoms with Crippen molar-refractivity contribution in [3.63, 3.8) is 0 Å². The summed E-state index contributed by atoms with van der Waals surface area (Å²) in [6.45, 7) is 10.2. The lowest BCUT2D eigenvalue weighted by molar-refractivity contribution is -0.149. The number of carbonyl (C=O) groups excluding carboxylic acids is 2. The van der Waals surface area contributed by atoms with E-state index in [-0.39, 0.29) is 24.6 Å². The van der Waals surface area contributed by atoms with Crippen LogP contribution in [0, 0.1) is 0 Å². The number of aliphatic hydroxyl groups is 1. The molecule has 0 aliphatic rings. The third-order valence-electron chi connectivity index (χ3n) is 8.52. The van der Waals surface area contributed by atoms with Crippen molar-refractivity contribution < 1.29 is 24.2 Å². The maximum absolute atomic E-state index is 12.3. The highest BCUT2D eigenvalue weighted by molar-refractivity contribution is 5.69. The molecule has 0 amide bonds. The second-order valence-corrected chi connectivity index (χ2v) is 12.7. The third kappa shape index (κ3) is 30.7. The zero-order valence-electron chi connectivity index (χ0n) is 29.0. The fraction of sp³-hybridized carbons (Fsp3) is 0.946. The summed E-state index contributed by atoms with van der Waals surface area (Å²) < 4.78 is 11.1. The first kappa shape index (κ1) is 41.9. The third-order valence-corrected chi connectivity index (χ3v) is 8.52. The van der Waals surface area contributed by atoms with E-state index in [4.69, 9.17) is 9.47 Å². The van der Waals surface area contributed by atoms with E-state index in [1.54, 1.807) is 0 Å². The van der Waals surface area contributed by atoms with Gasteiger partial charge in [0.2, 0.25) is 0 Å². The Morgan fingerprint density at radius 3 is 1.56 bits per heavy atom. The second kappa shape index (κ2) is 33.7. The number of esters is 2. The minimum Gasteiger partial charge on any atom is -0.466 e. The maximum Gasteiger partial charge on any atom is 0.306 e. The molecule has 1 atom stereocenters. The molecule has 0 aliphatic carbocycles. The van der Waals surface area contributed by atoms with Gasteiger partial charge in [0.25, 0.3) is 0 Å². The smallest absolute Gasteiger partial charge is 0.306 e. The first-order chi connectivity index (χ1) is 21.1. The fourth-order valence-corrected chi connectivity index (χ4v) is 5.63. The minimum absolute atomic E-state index is 0.0182. The van der Waals surface area contributed by atoms with Crippen molar-refractivity contribution in [2.75, 3.05) is 32.8 Å². The molecular weight excluding hydrogens is 538 g/mol. The van der Waals surface area contributed by atoms with E-state index in [1.807, 2.05) is 0 Å². The van der Waals surface area contributed by atoms with E-state index in [1.165, 1.54) is 77.0 Å². The summed E-state index contributed by atoms with van der Waals surface area (Å²) in [6.07, 6.45) is 29.0. The van der Waals surface area contributed by atoms with Gasteiger partial charge in [-0.2, -0.15) is 0 Å². The van der Waals surface area contributed by atoms with E-state index < -0.39 is 0 Å². The summed E-state index contributed by atoms with van der Waals surface area (Å²) in [5.41, 5.74) is 0. The maximum atomic E-state index is 12.3. The summed E-state index contributed by atoms with van der Waals surface area (Å²) in [5.74, 6) is -0.0538. The number of unbranched alkanes of at least 4 members (excludes halogenated alkanes) is 18. The average Bonchev–Trinajstić information content (AvgIpc) is 3.00.